The standard InChI is InChI=1S/C16H17N3O4/c1-2-7-16(8-6-11(20)18-15(16)23)19-13(21)9-4-3-5-10(17)12(9)14(19)22/h3-5H,2,6-8,17H2,1H3,(H,18,20,23). The zero-order valence-electron chi connectivity index (χ0n) is 12.7. The van der Waals surface area contributed by atoms with Crippen LogP contribution in [0.25, 0.3) is 0 Å². The first-order valence-corrected chi connectivity index (χ1v) is 7.54. The van der Waals surface area contributed by atoms with E-state index in [1.165, 1.54) is 6.07 Å². The maximum absolute atomic E-state index is 12.8. The van der Waals surface area contributed by atoms with Crippen molar-refractivity contribution in [2.24, 2.45) is 0 Å². The monoisotopic (exact) mass is 315 g/mol. The number of carbonyl (C=O) groups excluding carboxylic acids is 4. The largest absolute Gasteiger partial charge is 0.398 e. The van der Waals surface area contributed by atoms with E-state index in [2.05, 4.69) is 5.32 Å². The summed E-state index contributed by atoms with van der Waals surface area (Å²) >= 11 is 0. The van der Waals surface area contributed by atoms with Crippen molar-refractivity contribution < 1.29 is 19.2 Å². The summed E-state index contributed by atoms with van der Waals surface area (Å²) in [5.41, 5.74) is 5.06. The molecule has 0 spiro atoms. The van der Waals surface area contributed by atoms with Gasteiger partial charge in [0.2, 0.25) is 5.91 Å². The zero-order valence-corrected chi connectivity index (χ0v) is 12.7. The van der Waals surface area contributed by atoms with Crippen LogP contribution in [0.2, 0.25) is 0 Å². The van der Waals surface area contributed by atoms with Gasteiger partial charge >= 0.3 is 0 Å². The van der Waals surface area contributed by atoms with Crippen LogP contribution in [0.3, 0.4) is 0 Å². The number of anilines is 1. The fourth-order valence-corrected chi connectivity index (χ4v) is 3.42. The van der Waals surface area contributed by atoms with Gasteiger partial charge in [0.1, 0.15) is 5.54 Å². The van der Waals surface area contributed by atoms with Crippen molar-refractivity contribution in [1.82, 2.24) is 10.2 Å². The molecule has 4 amide bonds. The van der Waals surface area contributed by atoms with Crippen LogP contribution >= 0.6 is 0 Å². The summed E-state index contributed by atoms with van der Waals surface area (Å²) < 4.78 is 0. The quantitative estimate of drug-likeness (QED) is 0.634. The van der Waals surface area contributed by atoms with E-state index >= 15 is 0 Å². The van der Waals surface area contributed by atoms with Crippen molar-refractivity contribution in [3.8, 4) is 0 Å². The predicted molar refractivity (Wildman–Crippen MR) is 81.4 cm³/mol. The molecule has 2 aliphatic rings. The van der Waals surface area contributed by atoms with E-state index < -0.39 is 29.2 Å². The van der Waals surface area contributed by atoms with Crippen LogP contribution in [0.15, 0.2) is 18.2 Å². The first kappa shape index (κ1) is 15.2. The molecule has 1 fully saturated rings. The lowest BCUT2D eigenvalue weighted by Gasteiger charge is -2.41. The molecule has 120 valence electrons. The molecular formula is C16H17N3O4. The molecule has 2 heterocycles. The van der Waals surface area contributed by atoms with Crippen LogP contribution in [0.5, 0.6) is 0 Å². The molecule has 1 unspecified atom stereocenters. The molecular weight excluding hydrogens is 298 g/mol. The number of nitrogen functional groups attached to an aromatic ring is 1. The lowest BCUT2D eigenvalue weighted by molar-refractivity contribution is -0.142. The minimum absolute atomic E-state index is 0.0919. The molecule has 3 rings (SSSR count). The highest BCUT2D eigenvalue weighted by Gasteiger charge is 2.55. The summed E-state index contributed by atoms with van der Waals surface area (Å²) in [6.45, 7) is 1.86. The van der Waals surface area contributed by atoms with Crippen LogP contribution in [0.4, 0.5) is 5.69 Å². The maximum Gasteiger partial charge on any atom is 0.264 e. The van der Waals surface area contributed by atoms with Gasteiger partial charge in [0.25, 0.3) is 17.7 Å². The van der Waals surface area contributed by atoms with E-state index in [0.29, 0.717) is 12.8 Å². The van der Waals surface area contributed by atoms with E-state index in [0.717, 1.165) is 4.90 Å². The second-order valence-corrected chi connectivity index (χ2v) is 5.87. The van der Waals surface area contributed by atoms with Gasteiger partial charge in [0.05, 0.1) is 11.1 Å². The first-order valence-electron chi connectivity index (χ1n) is 7.54. The highest BCUT2D eigenvalue weighted by molar-refractivity contribution is 6.26. The molecule has 1 aromatic rings. The Labute approximate surface area is 132 Å². The van der Waals surface area contributed by atoms with Gasteiger partial charge in [-0.25, -0.2) is 0 Å². The maximum atomic E-state index is 12.8. The van der Waals surface area contributed by atoms with Crippen molar-refractivity contribution in [2.75, 3.05) is 5.73 Å². The number of benzene rings is 1. The molecule has 1 aromatic carbocycles. The average molecular weight is 315 g/mol. The van der Waals surface area contributed by atoms with Crippen molar-refractivity contribution in [1.29, 1.82) is 0 Å². The normalized spacial score (nSPS) is 24.0. The predicted octanol–water partition coefficient (Wildman–Crippen LogP) is 0.840. The second-order valence-electron chi connectivity index (χ2n) is 5.87. The topological polar surface area (TPSA) is 110 Å². The van der Waals surface area contributed by atoms with Gasteiger partial charge in [-0.2, -0.15) is 0 Å². The van der Waals surface area contributed by atoms with Crippen LogP contribution in [-0.4, -0.2) is 34.1 Å². The lowest BCUT2D eigenvalue weighted by atomic mass is 9.82. The third kappa shape index (κ3) is 2.03. The number of hydrogen-bond donors (Lipinski definition) is 2. The van der Waals surface area contributed by atoms with Crippen LogP contribution < -0.4 is 11.1 Å². The average Bonchev–Trinajstić information content (AvgIpc) is 2.76. The molecule has 1 atom stereocenters. The van der Waals surface area contributed by atoms with Gasteiger partial charge in [-0.1, -0.05) is 19.4 Å². The summed E-state index contributed by atoms with van der Waals surface area (Å²) in [5, 5.41) is 2.26. The SMILES string of the molecule is CCCC1(N2C(=O)c3cccc(N)c3C2=O)CCC(=O)NC1=O. The van der Waals surface area contributed by atoms with Gasteiger partial charge in [0, 0.05) is 12.1 Å². The molecule has 7 nitrogen and oxygen atoms in total. The zero-order chi connectivity index (χ0) is 16.8. The number of carbonyl (C=O) groups is 4. The molecule has 1 saturated heterocycles. The number of nitrogens with two attached hydrogens (primary N) is 1. The minimum Gasteiger partial charge on any atom is -0.398 e. The third-order valence-electron chi connectivity index (χ3n) is 4.48. The van der Waals surface area contributed by atoms with Crippen molar-refractivity contribution >= 4 is 29.3 Å². The smallest absolute Gasteiger partial charge is 0.264 e. The highest BCUT2D eigenvalue weighted by Crippen LogP contribution is 2.38. The Kier molecular flexibility index (Phi) is 3.43. The van der Waals surface area contributed by atoms with Crippen LogP contribution in [0.1, 0.15) is 53.3 Å². The summed E-state index contributed by atoms with van der Waals surface area (Å²) in [6.07, 6.45) is 1.12. The van der Waals surface area contributed by atoms with E-state index in [1.54, 1.807) is 12.1 Å². The Morgan fingerprint density at radius 3 is 2.57 bits per heavy atom. The fourth-order valence-electron chi connectivity index (χ4n) is 3.42. The summed E-state index contributed by atoms with van der Waals surface area (Å²) in [7, 11) is 0. The molecule has 0 radical (unpaired) electrons. The van der Waals surface area contributed by atoms with E-state index in [-0.39, 0.29) is 29.7 Å². The Morgan fingerprint density at radius 1 is 1.22 bits per heavy atom. The van der Waals surface area contributed by atoms with E-state index in [9.17, 15) is 19.2 Å². The first-order chi connectivity index (χ1) is 10.9. The number of rotatable bonds is 3. The van der Waals surface area contributed by atoms with Crippen molar-refractivity contribution in [3.05, 3.63) is 29.3 Å². The van der Waals surface area contributed by atoms with Crippen molar-refractivity contribution in [3.63, 3.8) is 0 Å². The number of nitrogens with zero attached hydrogens (tertiary/aromatic N) is 1. The Bertz CT molecular complexity index is 743. The number of piperidine rings is 1. The molecule has 7 heteroatoms. The highest BCUT2D eigenvalue weighted by atomic mass is 16.2. The molecule has 23 heavy (non-hydrogen) atoms. The number of amides is 4. The molecule has 2 aliphatic heterocycles. The fraction of sp³-hybridized carbons (Fsp3) is 0.375. The second kappa shape index (κ2) is 5.19. The Balaban J connectivity index is 2.11. The van der Waals surface area contributed by atoms with Crippen molar-refractivity contribution in [2.45, 2.75) is 38.1 Å². The number of fused-ring (bicyclic) bond motifs is 1. The minimum atomic E-state index is -1.33. The van der Waals surface area contributed by atoms with E-state index in [1.807, 2.05) is 6.92 Å². The number of imide groups is 2. The number of nitrogens with one attached hydrogen (secondary N) is 1. The molecule has 0 aromatic heterocycles. The van der Waals surface area contributed by atoms with Gasteiger partial charge in [-0.05, 0) is 25.0 Å². The lowest BCUT2D eigenvalue weighted by Crippen LogP contribution is -2.64. The summed E-state index contributed by atoms with van der Waals surface area (Å²) in [5.74, 6) is -2.09. The van der Waals surface area contributed by atoms with Gasteiger partial charge in [0.15, 0.2) is 0 Å². The van der Waals surface area contributed by atoms with E-state index in [4.69, 9.17) is 5.73 Å². The Hall–Kier alpha value is -2.70. The third-order valence-corrected chi connectivity index (χ3v) is 4.48. The molecule has 3 N–H and O–H groups in total. The number of hydrogen-bond acceptors (Lipinski definition) is 5. The Morgan fingerprint density at radius 2 is 1.96 bits per heavy atom. The molecule has 0 bridgehead atoms. The molecule has 0 aliphatic carbocycles. The van der Waals surface area contributed by atoms with Crippen LogP contribution in [0, 0.1) is 0 Å². The summed E-state index contributed by atoms with van der Waals surface area (Å²) in [4.78, 5) is 50.5. The molecule has 0 saturated carbocycles. The van der Waals surface area contributed by atoms with Crippen LogP contribution in [-0.2, 0) is 9.59 Å². The summed E-state index contributed by atoms with van der Waals surface area (Å²) in [6, 6.07) is 4.67. The van der Waals surface area contributed by atoms with Gasteiger partial charge < -0.3 is 5.73 Å². The van der Waals surface area contributed by atoms with Gasteiger partial charge in [-0.15, -0.1) is 0 Å². The van der Waals surface area contributed by atoms with Gasteiger partial charge in [-0.3, -0.25) is 29.4 Å².